The third-order valence-electron chi connectivity index (χ3n) is 4.80. The van der Waals surface area contributed by atoms with E-state index >= 15 is 0 Å². The Morgan fingerprint density at radius 3 is 1.87 bits per heavy atom. The van der Waals surface area contributed by atoms with Crippen LogP contribution in [0.5, 0.6) is 0 Å². The first-order valence-electron chi connectivity index (χ1n) is 10.5. The summed E-state index contributed by atoms with van der Waals surface area (Å²) in [6.07, 6.45) is 7.89. The summed E-state index contributed by atoms with van der Waals surface area (Å²) in [6, 6.07) is 9.45. The van der Waals surface area contributed by atoms with Gasteiger partial charge in [-0.3, -0.25) is 0 Å². The molecular weight excluding hydrogens is 459 g/mol. The highest BCUT2D eigenvalue weighted by Gasteiger charge is 2.20. The van der Waals surface area contributed by atoms with Crippen LogP contribution in [0.4, 0.5) is 0 Å². The Hall–Kier alpha value is -1.75. The van der Waals surface area contributed by atoms with Crippen molar-refractivity contribution in [3.63, 3.8) is 0 Å². The molecule has 7 heteroatoms. The van der Waals surface area contributed by atoms with Crippen molar-refractivity contribution in [1.29, 1.82) is 0 Å². The fourth-order valence-electron chi connectivity index (χ4n) is 3.07. The zero-order valence-electron chi connectivity index (χ0n) is 17.6. The molecule has 0 aliphatic rings. The molecule has 2 aromatic carbocycles. The molecule has 0 aliphatic heterocycles. The summed E-state index contributed by atoms with van der Waals surface area (Å²) in [5.74, 6) is -1.20. The van der Waals surface area contributed by atoms with Crippen molar-refractivity contribution in [2.24, 2.45) is 0 Å². The van der Waals surface area contributed by atoms with Crippen molar-refractivity contribution in [3.8, 4) is 0 Å². The maximum absolute atomic E-state index is 12.6. The first kappa shape index (κ1) is 25.5. The molecule has 0 unspecified atom stereocenters. The molecule has 0 fully saturated rings. The van der Waals surface area contributed by atoms with Gasteiger partial charge in [0.05, 0.1) is 27.8 Å². The minimum atomic E-state index is -0.662. The molecule has 0 atom stereocenters. The summed E-state index contributed by atoms with van der Waals surface area (Å²) in [4.78, 5) is 25.1. The highest BCUT2D eigenvalue weighted by Crippen LogP contribution is 2.29. The van der Waals surface area contributed by atoms with Crippen molar-refractivity contribution in [2.75, 3.05) is 6.61 Å². The highest BCUT2D eigenvalue weighted by molar-refractivity contribution is 6.39. The van der Waals surface area contributed by atoms with Gasteiger partial charge in [-0.2, -0.15) is 0 Å². The molecule has 0 saturated heterocycles. The number of carbonyl (C=O) groups is 2. The quantitative estimate of drug-likeness (QED) is 0.226. The number of hydrogen-bond acceptors (Lipinski definition) is 4. The van der Waals surface area contributed by atoms with Crippen LogP contribution in [0.25, 0.3) is 0 Å². The van der Waals surface area contributed by atoms with Gasteiger partial charge in [-0.1, -0.05) is 92.4 Å². The van der Waals surface area contributed by atoms with Gasteiger partial charge in [-0.25, -0.2) is 9.59 Å². The third kappa shape index (κ3) is 8.36. The molecule has 0 spiro atoms. The largest absolute Gasteiger partial charge is 0.462 e. The summed E-state index contributed by atoms with van der Waals surface area (Å²) in [7, 11) is 0. The smallest absolute Gasteiger partial charge is 0.339 e. The standard InChI is InChI=1S/C24H27Cl3O4/c1-2-3-4-5-6-7-10-13-30-23(28)18-11-8-9-12-19(18)24(29)31-16-20-21(26)14-17(25)15-22(20)27/h8-9,11-12,14-15H,2-7,10,13,16H2,1H3. The molecule has 31 heavy (non-hydrogen) atoms. The SMILES string of the molecule is CCCCCCCCCOC(=O)c1ccccc1C(=O)OCc1c(Cl)cc(Cl)cc1Cl. The molecule has 0 N–H and O–H groups in total. The molecule has 0 saturated carbocycles. The summed E-state index contributed by atoms with van der Waals surface area (Å²) in [5.41, 5.74) is 0.747. The van der Waals surface area contributed by atoms with Gasteiger partial charge in [-0.15, -0.1) is 0 Å². The molecule has 168 valence electrons. The summed E-state index contributed by atoms with van der Waals surface area (Å²) >= 11 is 18.2. The van der Waals surface area contributed by atoms with Gasteiger partial charge < -0.3 is 9.47 Å². The van der Waals surface area contributed by atoms with Crippen molar-refractivity contribution >= 4 is 46.7 Å². The third-order valence-corrected chi connectivity index (χ3v) is 5.69. The van der Waals surface area contributed by atoms with E-state index in [0.717, 1.165) is 19.3 Å². The van der Waals surface area contributed by atoms with Crippen molar-refractivity contribution in [1.82, 2.24) is 0 Å². The predicted molar refractivity (Wildman–Crippen MR) is 125 cm³/mol. The normalized spacial score (nSPS) is 10.7. The van der Waals surface area contributed by atoms with Crippen LogP contribution in [-0.4, -0.2) is 18.5 Å². The van der Waals surface area contributed by atoms with Crippen LogP contribution >= 0.6 is 34.8 Å². The van der Waals surface area contributed by atoms with Gasteiger partial charge in [0.25, 0.3) is 0 Å². The lowest BCUT2D eigenvalue weighted by atomic mass is 10.1. The van der Waals surface area contributed by atoms with Gasteiger partial charge in [0.2, 0.25) is 0 Å². The molecule has 0 aromatic heterocycles. The number of rotatable bonds is 12. The van der Waals surface area contributed by atoms with E-state index in [9.17, 15) is 9.59 Å². The van der Waals surface area contributed by atoms with Crippen molar-refractivity contribution < 1.29 is 19.1 Å². The van der Waals surface area contributed by atoms with Crippen LogP contribution in [0.1, 0.15) is 78.1 Å². The van der Waals surface area contributed by atoms with E-state index in [4.69, 9.17) is 44.3 Å². The van der Waals surface area contributed by atoms with E-state index in [1.165, 1.54) is 43.9 Å². The molecule has 0 aliphatic carbocycles. The monoisotopic (exact) mass is 484 g/mol. The molecule has 0 radical (unpaired) electrons. The Bertz CT molecular complexity index is 860. The Labute approximate surface area is 198 Å². The Morgan fingerprint density at radius 2 is 1.29 bits per heavy atom. The molecule has 0 heterocycles. The zero-order chi connectivity index (χ0) is 22.6. The molecule has 2 rings (SSSR count). The average molecular weight is 486 g/mol. The maximum atomic E-state index is 12.6. The molecule has 0 bridgehead atoms. The van der Waals surface area contributed by atoms with Gasteiger partial charge in [0.15, 0.2) is 0 Å². The number of carbonyl (C=O) groups excluding carboxylic acids is 2. The summed E-state index contributed by atoms with van der Waals surface area (Å²) < 4.78 is 10.7. The highest BCUT2D eigenvalue weighted by atomic mass is 35.5. The van der Waals surface area contributed by atoms with Crippen molar-refractivity contribution in [3.05, 3.63) is 68.2 Å². The minimum Gasteiger partial charge on any atom is -0.462 e. The molecule has 4 nitrogen and oxygen atoms in total. The van der Waals surface area contributed by atoms with Crippen LogP contribution in [0.15, 0.2) is 36.4 Å². The van der Waals surface area contributed by atoms with Crippen molar-refractivity contribution in [2.45, 2.75) is 58.5 Å². The lowest BCUT2D eigenvalue weighted by molar-refractivity contribution is 0.0436. The average Bonchev–Trinajstić information content (AvgIpc) is 2.74. The minimum absolute atomic E-state index is 0.133. The van der Waals surface area contributed by atoms with Gasteiger partial charge in [0, 0.05) is 10.6 Å². The fraction of sp³-hybridized carbons (Fsp3) is 0.417. The topological polar surface area (TPSA) is 52.6 Å². The Balaban J connectivity index is 1.89. The molecular formula is C24H27Cl3O4. The van der Waals surface area contributed by atoms with Crippen LogP contribution in [0.2, 0.25) is 15.1 Å². The molecule has 2 aromatic rings. The number of benzene rings is 2. The number of halogens is 3. The second-order valence-corrected chi connectivity index (χ2v) is 8.48. The summed E-state index contributed by atoms with van der Waals surface area (Å²) in [5, 5.41) is 0.986. The predicted octanol–water partition coefficient (Wildman–Crippen LogP) is 7.91. The van der Waals surface area contributed by atoms with E-state index in [-0.39, 0.29) is 17.7 Å². The Morgan fingerprint density at radius 1 is 0.774 bits per heavy atom. The van der Waals surface area contributed by atoms with Gasteiger partial charge in [0.1, 0.15) is 6.61 Å². The van der Waals surface area contributed by atoms with E-state index < -0.39 is 11.9 Å². The number of esters is 2. The van der Waals surface area contributed by atoms with Crippen LogP contribution in [-0.2, 0) is 16.1 Å². The number of hydrogen-bond donors (Lipinski definition) is 0. The van der Waals surface area contributed by atoms with E-state index in [0.29, 0.717) is 27.2 Å². The van der Waals surface area contributed by atoms with Gasteiger partial charge in [-0.05, 0) is 30.7 Å². The fourth-order valence-corrected chi connectivity index (χ4v) is 3.99. The first-order valence-corrected chi connectivity index (χ1v) is 11.6. The zero-order valence-corrected chi connectivity index (χ0v) is 19.9. The Kier molecular flexibility index (Phi) is 11.2. The second-order valence-electron chi connectivity index (χ2n) is 7.23. The van der Waals surface area contributed by atoms with E-state index in [1.807, 2.05) is 0 Å². The second kappa shape index (κ2) is 13.6. The van der Waals surface area contributed by atoms with Crippen LogP contribution in [0.3, 0.4) is 0 Å². The van der Waals surface area contributed by atoms with E-state index in [2.05, 4.69) is 6.92 Å². The van der Waals surface area contributed by atoms with Crippen LogP contribution in [0, 0.1) is 0 Å². The first-order chi connectivity index (χ1) is 14.9. The van der Waals surface area contributed by atoms with E-state index in [1.54, 1.807) is 18.2 Å². The van der Waals surface area contributed by atoms with Gasteiger partial charge >= 0.3 is 11.9 Å². The number of ether oxygens (including phenoxy) is 2. The number of unbranched alkanes of at least 4 members (excludes halogenated alkanes) is 6. The summed E-state index contributed by atoms with van der Waals surface area (Å²) in [6.45, 7) is 2.37. The molecule has 0 amide bonds. The maximum Gasteiger partial charge on any atom is 0.339 e. The van der Waals surface area contributed by atoms with Crippen LogP contribution < -0.4 is 0 Å². The lowest BCUT2D eigenvalue weighted by Gasteiger charge is -2.11. The lowest BCUT2D eigenvalue weighted by Crippen LogP contribution is -2.14.